The average Bonchev–Trinajstić information content (AvgIpc) is 3.46. The smallest absolute Gasteiger partial charge is 0.132 e. The summed E-state index contributed by atoms with van der Waals surface area (Å²) in [7, 11) is 3.35. The quantitative estimate of drug-likeness (QED) is 0.424. The molecule has 0 saturated carbocycles. The predicted molar refractivity (Wildman–Crippen MR) is 126 cm³/mol. The normalized spacial score (nSPS) is 15.4. The molecule has 2 aromatic carbocycles. The van der Waals surface area contributed by atoms with Gasteiger partial charge in [-0.25, -0.2) is 4.98 Å². The van der Waals surface area contributed by atoms with Crippen LogP contribution >= 0.6 is 11.3 Å². The van der Waals surface area contributed by atoms with Crippen LogP contribution in [0.2, 0.25) is 0 Å². The zero-order valence-corrected chi connectivity index (χ0v) is 18.7. The summed E-state index contributed by atoms with van der Waals surface area (Å²) in [4.78, 5) is 10.9. The Balaban J connectivity index is 1.24. The maximum atomic E-state index is 5.55. The molecule has 5 rings (SSSR count). The van der Waals surface area contributed by atoms with Crippen molar-refractivity contribution in [1.29, 1.82) is 0 Å². The van der Waals surface area contributed by atoms with Gasteiger partial charge in [0.1, 0.15) is 16.5 Å². The van der Waals surface area contributed by atoms with Gasteiger partial charge < -0.3 is 14.5 Å². The minimum atomic E-state index is 0.627. The number of hydrogen-bond donors (Lipinski definition) is 1. The summed E-state index contributed by atoms with van der Waals surface area (Å²) in [6.07, 6.45) is 4.58. The molecule has 0 radical (unpaired) electrons. The van der Waals surface area contributed by atoms with Crippen LogP contribution in [0.5, 0.6) is 11.5 Å². The Kier molecular flexibility index (Phi) is 5.66. The molecule has 0 aliphatic carbocycles. The van der Waals surface area contributed by atoms with E-state index in [4.69, 9.17) is 14.5 Å². The molecule has 1 fully saturated rings. The van der Waals surface area contributed by atoms with E-state index < -0.39 is 0 Å². The van der Waals surface area contributed by atoms with Crippen molar-refractivity contribution in [2.75, 3.05) is 27.3 Å². The molecule has 0 spiro atoms. The molecular weight excluding hydrogens is 406 g/mol. The summed E-state index contributed by atoms with van der Waals surface area (Å²) in [5, 5.41) is 4.53. The van der Waals surface area contributed by atoms with Gasteiger partial charge >= 0.3 is 0 Å². The Morgan fingerprint density at radius 2 is 1.94 bits per heavy atom. The second kappa shape index (κ2) is 8.73. The van der Waals surface area contributed by atoms with Crippen molar-refractivity contribution >= 4 is 22.2 Å². The maximum Gasteiger partial charge on any atom is 0.132 e. The van der Waals surface area contributed by atoms with Crippen molar-refractivity contribution in [1.82, 2.24) is 14.9 Å². The predicted octanol–water partition coefficient (Wildman–Crippen LogP) is 5.69. The summed E-state index contributed by atoms with van der Waals surface area (Å²) in [5.41, 5.74) is 4.85. The lowest BCUT2D eigenvalue weighted by atomic mass is 9.89. The fourth-order valence-electron chi connectivity index (χ4n) is 4.54. The van der Waals surface area contributed by atoms with Crippen molar-refractivity contribution in [3.8, 4) is 22.1 Å². The first kappa shape index (κ1) is 20.1. The van der Waals surface area contributed by atoms with Crippen molar-refractivity contribution in [3.05, 3.63) is 65.3 Å². The number of hydrogen-bond acceptors (Lipinski definition) is 5. The Morgan fingerprint density at radius 1 is 1.10 bits per heavy atom. The lowest BCUT2D eigenvalue weighted by Gasteiger charge is -2.31. The average molecular weight is 434 g/mol. The fraction of sp³-hybridized carbons (Fsp3) is 0.320. The largest absolute Gasteiger partial charge is 0.497 e. The van der Waals surface area contributed by atoms with Gasteiger partial charge in [-0.15, -0.1) is 11.3 Å². The molecule has 2 aromatic heterocycles. The fourth-order valence-corrected chi connectivity index (χ4v) is 5.38. The van der Waals surface area contributed by atoms with E-state index in [9.17, 15) is 0 Å². The summed E-state index contributed by atoms with van der Waals surface area (Å²) in [6, 6.07) is 14.5. The van der Waals surface area contributed by atoms with E-state index in [1.54, 1.807) is 25.6 Å². The molecule has 160 valence electrons. The van der Waals surface area contributed by atoms with Gasteiger partial charge in [0.25, 0.3) is 0 Å². The second-order valence-corrected chi connectivity index (χ2v) is 8.91. The highest BCUT2D eigenvalue weighted by atomic mass is 32.1. The highest BCUT2D eigenvalue weighted by Gasteiger charge is 2.23. The molecule has 4 aromatic rings. The summed E-state index contributed by atoms with van der Waals surface area (Å²) in [6.45, 7) is 3.10. The number of para-hydroxylation sites is 1. The SMILES string of the molecule is COc1ccc(-c2nc(CN3CCC(c4c[nH]c5ccccc45)CC3)cs2)c(OC)c1. The molecule has 1 aliphatic heterocycles. The number of H-pyrrole nitrogens is 1. The van der Waals surface area contributed by atoms with Gasteiger partial charge in [-0.05, 0) is 55.6 Å². The number of thiazole rings is 1. The van der Waals surface area contributed by atoms with Crippen LogP contribution in [0, 0.1) is 0 Å². The molecule has 31 heavy (non-hydrogen) atoms. The van der Waals surface area contributed by atoms with Crippen LogP contribution < -0.4 is 9.47 Å². The first-order valence-corrected chi connectivity index (χ1v) is 11.6. The third-order valence-electron chi connectivity index (χ3n) is 6.23. The molecule has 6 heteroatoms. The summed E-state index contributed by atoms with van der Waals surface area (Å²) >= 11 is 1.67. The van der Waals surface area contributed by atoms with E-state index in [1.165, 1.54) is 29.3 Å². The first-order chi connectivity index (χ1) is 15.2. The number of nitrogens with one attached hydrogen (secondary N) is 1. The lowest BCUT2D eigenvalue weighted by Crippen LogP contribution is -2.32. The number of rotatable bonds is 6. The monoisotopic (exact) mass is 433 g/mol. The molecule has 0 atom stereocenters. The number of fused-ring (bicyclic) bond motifs is 1. The molecule has 1 aliphatic rings. The van der Waals surface area contributed by atoms with Gasteiger partial charge in [-0.3, -0.25) is 4.90 Å². The Labute approximate surface area is 186 Å². The van der Waals surface area contributed by atoms with Crippen molar-refractivity contribution < 1.29 is 9.47 Å². The van der Waals surface area contributed by atoms with Crippen LogP contribution in [0.15, 0.2) is 54.0 Å². The topological polar surface area (TPSA) is 50.4 Å². The van der Waals surface area contributed by atoms with E-state index in [0.717, 1.165) is 47.4 Å². The number of aromatic amines is 1. The van der Waals surface area contributed by atoms with Gasteiger partial charge in [-0.1, -0.05) is 18.2 Å². The van der Waals surface area contributed by atoms with E-state index in [1.807, 2.05) is 18.2 Å². The zero-order valence-electron chi connectivity index (χ0n) is 17.9. The Morgan fingerprint density at radius 3 is 2.74 bits per heavy atom. The van der Waals surface area contributed by atoms with Gasteiger partial charge in [0.05, 0.1) is 25.5 Å². The molecule has 1 saturated heterocycles. The van der Waals surface area contributed by atoms with Gasteiger partial charge in [-0.2, -0.15) is 0 Å². The molecule has 3 heterocycles. The molecule has 0 bridgehead atoms. The number of ether oxygens (including phenoxy) is 2. The Hall–Kier alpha value is -2.83. The molecule has 0 unspecified atom stereocenters. The number of likely N-dealkylation sites (tertiary alicyclic amines) is 1. The van der Waals surface area contributed by atoms with E-state index in [2.05, 4.69) is 45.7 Å². The lowest BCUT2D eigenvalue weighted by molar-refractivity contribution is 0.203. The number of piperidine rings is 1. The van der Waals surface area contributed by atoms with Crippen LogP contribution in [0.4, 0.5) is 0 Å². The molecule has 5 nitrogen and oxygen atoms in total. The minimum absolute atomic E-state index is 0.627. The van der Waals surface area contributed by atoms with E-state index in [0.29, 0.717) is 5.92 Å². The third kappa shape index (κ3) is 4.05. The van der Waals surface area contributed by atoms with Gasteiger partial charge in [0, 0.05) is 35.1 Å². The van der Waals surface area contributed by atoms with Crippen LogP contribution in [-0.4, -0.2) is 42.2 Å². The van der Waals surface area contributed by atoms with Gasteiger partial charge in [0.2, 0.25) is 0 Å². The van der Waals surface area contributed by atoms with Crippen LogP contribution in [-0.2, 0) is 6.54 Å². The Bertz CT molecular complexity index is 1170. The third-order valence-corrected chi connectivity index (χ3v) is 7.15. The van der Waals surface area contributed by atoms with E-state index in [-0.39, 0.29) is 0 Å². The van der Waals surface area contributed by atoms with E-state index >= 15 is 0 Å². The number of aromatic nitrogens is 2. The van der Waals surface area contributed by atoms with Gasteiger partial charge in [0.15, 0.2) is 0 Å². The highest BCUT2D eigenvalue weighted by molar-refractivity contribution is 7.13. The van der Waals surface area contributed by atoms with Crippen LogP contribution in [0.1, 0.15) is 30.0 Å². The van der Waals surface area contributed by atoms with Crippen molar-refractivity contribution in [2.45, 2.75) is 25.3 Å². The summed E-state index contributed by atoms with van der Waals surface area (Å²) in [5.74, 6) is 2.21. The summed E-state index contributed by atoms with van der Waals surface area (Å²) < 4.78 is 10.9. The molecule has 0 amide bonds. The first-order valence-electron chi connectivity index (χ1n) is 10.7. The minimum Gasteiger partial charge on any atom is -0.497 e. The highest BCUT2D eigenvalue weighted by Crippen LogP contribution is 2.36. The number of benzene rings is 2. The maximum absolute atomic E-state index is 5.55. The number of methoxy groups -OCH3 is 2. The van der Waals surface area contributed by atoms with Crippen LogP contribution in [0.25, 0.3) is 21.5 Å². The second-order valence-electron chi connectivity index (χ2n) is 8.05. The number of nitrogens with zero attached hydrogens (tertiary/aromatic N) is 2. The van der Waals surface area contributed by atoms with Crippen molar-refractivity contribution in [2.24, 2.45) is 0 Å². The standard InChI is InChI=1S/C25H27N3O2S/c1-29-19-7-8-21(24(13-19)30-2)25-27-18(16-31-25)15-28-11-9-17(10-12-28)22-14-26-23-6-4-3-5-20(22)23/h3-8,13-14,16-17,26H,9-12,15H2,1-2H3. The molecular formula is C25H27N3O2S. The van der Waals surface area contributed by atoms with Crippen LogP contribution in [0.3, 0.4) is 0 Å². The van der Waals surface area contributed by atoms with Crippen molar-refractivity contribution in [3.63, 3.8) is 0 Å². The zero-order chi connectivity index (χ0) is 21.2. The molecule has 1 N–H and O–H groups in total.